The van der Waals surface area contributed by atoms with E-state index in [2.05, 4.69) is 17.1 Å². The van der Waals surface area contributed by atoms with Gasteiger partial charge in [-0.3, -0.25) is 4.79 Å². The van der Waals surface area contributed by atoms with Gasteiger partial charge in [-0.25, -0.2) is 0 Å². The summed E-state index contributed by atoms with van der Waals surface area (Å²) in [6.45, 7) is 5.99. The van der Waals surface area contributed by atoms with Crippen LogP contribution >= 0.6 is 0 Å². The molecule has 4 rings (SSSR count). The van der Waals surface area contributed by atoms with Crippen molar-refractivity contribution >= 4 is 5.91 Å². The Morgan fingerprint density at radius 1 is 1.35 bits per heavy atom. The topological polar surface area (TPSA) is 50.8 Å². The highest BCUT2D eigenvalue weighted by Gasteiger charge is 2.33. The lowest BCUT2D eigenvalue weighted by atomic mass is 9.96. The van der Waals surface area contributed by atoms with Gasteiger partial charge in [0.15, 0.2) is 11.5 Å². The van der Waals surface area contributed by atoms with Crippen LogP contribution < -0.4 is 14.8 Å². The van der Waals surface area contributed by atoms with Crippen molar-refractivity contribution in [2.24, 2.45) is 5.92 Å². The SMILES string of the molecule is CCC1COc2cc(C(=O)N[C@@H]3C[C@@H]4CCN(C4)C3)ccc2O1. The molecule has 2 fully saturated rings. The molecule has 1 amide bonds. The number of fused-ring (bicyclic) bond motifs is 3. The maximum absolute atomic E-state index is 12.5. The molecule has 5 nitrogen and oxygen atoms in total. The van der Waals surface area contributed by atoms with E-state index in [0.29, 0.717) is 17.9 Å². The molecule has 2 unspecified atom stereocenters. The number of piperidine rings is 1. The Labute approximate surface area is 136 Å². The third-order valence-electron chi connectivity index (χ3n) is 5.18. The molecule has 0 saturated carbocycles. The Morgan fingerprint density at radius 3 is 3.09 bits per heavy atom. The second kappa shape index (κ2) is 6.04. The third kappa shape index (κ3) is 3.02. The summed E-state index contributed by atoms with van der Waals surface area (Å²) in [7, 11) is 0. The number of hydrogen-bond donors (Lipinski definition) is 1. The third-order valence-corrected chi connectivity index (χ3v) is 5.18. The van der Waals surface area contributed by atoms with Crippen molar-refractivity contribution < 1.29 is 14.3 Å². The molecule has 4 atom stereocenters. The Kier molecular flexibility index (Phi) is 3.89. The largest absolute Gasteiger partial charge is 0.486 e. The Morgan fingerprint density at radius 2 is 2.26 bits per heavy atom. The molecule has 0 aromatic heterocycles. The first-order valence-corrected chi connectivity index (χ1v) is 8.68. The highest BCUT2D eigenvalue weighted by Crippen LogP contribution is 2.33. The van der Waals surface area contributed by atoms with Gasteiger partial charge < -0.3 is 19.7 Å². The number of benzene rings is 1. The first-order chi connectivity index (χ1) is 11.2. The van der Waals surface area contributed by atoms with Gasteiger partial charge in [0.1, 0.15) is 12.7 Å². The molecule has 1 aromatic carbocycles. The lowest BCUT2D eigenvalue weighted by molar-refractivity contribution is 0.0867. The van der Waals surface area contributed by atoms with Crippen molar-refractivity contribution in [3.63, 3.8) is 0 Å². The molecule has 23 heavy (non-hydrogen) atoms. The molecule has 0 radical (unpaired) electrons. The van der Waals surface area contributed by atoms with Crippen molar-refractivity contribution in [2.45, 2.75) is 38.3 Å². The molecule has 0 spiro atoms. The number of nitrogens with zero attached hydrogens (tertiary/aromatic N) is 1. The summed E-state index contributed by atoms with van der Waals surface area (Å²) >= 11 is 0. The van der Waals surface area contributed by atoms with Crippen LogP contribution in [-0.2, 0) is 0 Å². The summed E-state index contributed by atoms with van der Waals surface area (Å²) in [5.41, 5.74) is 0.648. The normalized spacial score (nSPS) is 31.7. The second-order valence-corrected chi connectivity index (χ2v) is 6.94. The quantitative estimate of drug-likeness (QED) is 0.927. The summed E-state index contributed by atoms with van der Waals surface area (Å²) in [5.74, 6) is 2.15. The fraction of sp³-hybridized carbons (Fsp3) is 0.611. The summed E-state index contributed by atoms with van der Waals surface area (Å²) in [4.78, 5) is 15.0. The fourth-order valence-corrected chi connectivity index (χ4v) is 3.89. The van der Waals surface area contributed by atoms with E-state index in [9.17, 15) is 4.79 Å². The number of nitrogens with one attached hydrogen (secondary N) is 1. The minimum Gasteiger partial charge on any atom is -0.486 e. The lowest BCUT2D eigenvalue weighted by Gasteiger charge is -2.30. The number of carbonyl (C=O) groups excluding carboxylic acids is 1. The molecule has 0 aliphatic carbocycles. The van der Waals surface area contributed by atoms with Gasteiger partial charge in [0.2, 0.25) is 0 Å². The zero-order chi connectivity index (χ0) is 15.8. The van der Waals surface area contributed by atoms with E-state index in [4.69, 9.17) is 9.47 Å². The van der Waals surface area contributed by atoms with Gasteiger partial charge in [0.05, 0.1) is 0 Å². The predicted molar refractivity (Wildman–Crippen MR) is 87.1 cm³/mol. The lowest BCUT2D eigenvalue weighted by Crippen LogP contribution is -2.47. The van der Waals surface area contributed by atoms with Gasteiger partial charge in [0.25, 0.3) is 5.91 Å². The fourth-order valence-electron chi connectivity index (χ4n) is 3.89. The van der Waals surface area contributed by atoms with E-state index in [1.165, 1.54) is 19.5 Å². The molecule has 3 heterocycles. The van der Waals surface area contributed by atoms with Gasteiger partial charge in [-0.1, -0.05) is 6.92 Å². The van der Waals surface area contributed by atoms with Crippen LogP contribution in [0.2, 0.25) is 0 Å². The predicted octanol–water partition coefficient (Wildman–Crippen LogP) is 2.06. The van der Waals surface area contributed by atoms with E-state index < -0.39 is 0 Å². The molecule has 1 aromatic rings. The van der Waals surface area contributed by atoms with Crippen LogP contribution in [0.4, 0.5) is 0 Å². The monoisotopic (exact) mass is 316 g/mol. The standard InChI is InChI=1S/C18H24N2O3/c1-2-15-11-22-17-8-13(3-4-16(17)23-15)18(21)19-14-7-12-5-6-20(9-12)10-14/h3-4,8,12,14-15H,2,5-7,9-11H2,1H3,(H,19,21)/t12-,14+,15?/m0/s1. The molecular formula is C18H24N2O3. The van der Waals surface area contributed by atoms with E-state index in [1.807, 2.05) is 12.1 Å². The molecule has 1 N–H and O–H groups in total. The van der Waals surface area contributed by atoms with E-state index >= 15 is 0 Å². The van der Waals surface area contributed by atoms with Crippen LogP contribution in [0, 0.1) is 5.92 Å². The molecule has 2 saturated heterocycles. The highest BCUT2D eigenvalue weighted by atomic mass is 16.6. The summed E-state index contributed by atoms with van der Waals surface area (Å²) in [6.07, 6.45) is 3.40. The molecule has 5 heteroatoms. The molecule has 3 aliphatic heterocycles. The smallest absolute Gasteiger partial charge is 0.251 e. The van der Waals surface area contributed by atoms with Crippen molar-refractivity contribution in [2.75, 3.05) is 26.2 Å². The minimum absolute atomic E-state index is 0.0125. The van der Waals surface area contributed by atoms with E-state index in [1.54, 1.807) is 6.07 Å². The van der Waals surface area contributed by atoms with E-state index in [0.717, 1.165) is 31.1 Å². The number of amides is 1. The van der Waals surface area contributed by atoms with E-state index in [-0.39, 0.29) is 18.1 Å². The Bertz CT molecular complexity index is 592. The average Bonchev–Trinajstić information content (AvgIpc) is 2.92. The first kappa shape index (κ1) is 14.8. The molecule has 3 aliphatic rings. The molecular weight excluding hydrogens is 292 g/mol. The zero-order valence-corrected chi connectivity index (χ0v) is 13.6. The van der Waals surface area contributed by atoms with Crippen LogP contribution in [0.25, 0.3) is 0 Å². The van der Waals surface area contributed by atoms with Gasteiger partial charge in [-0.15, -0.1) is 0 Å². The maximum Gasteiger partial charge on any atom is 0.251 e. The Balaban J connectivity index is 1.43. The number of rotatable bonds is 3. The Hall–Kier alpha value is -1.75. The van der Waals surface area contributed by atoms with Crippen LogP contribution in [-0.4, -0.2) is 49.2 Å². The van der Waals surface area contributed by atoms with Crippen molar-refractivity contribution in [3.05, 3.63) is 23.8 Å². The van der Waals surface area contributed by atoms with Gasteiger partial charge in [-0.05, 0) is 49.9 Å². The van der Waals surface area contributed by atoms with Gasteiger partial charge >= 0.3 is 0 Å². The summed E-state index contributed by atoms with van der Waals surface area (Å²) in [5, 5.41) is 3.19. The highest BCUT2D eigenvalue weighted by molar-refractivity contribution is 5.95. The molecule has 124 valence electrons. The second-order valence-electron chi connectivity index (χ2n) is 6.94. The van der Waals surface area contributed by atoms with Gasteiger partial charge in [-0.2, -0.15) is 0 Å². The number of carbonyl (C=O) groups is 1. The van der Waals surface area contributed by atoms with Crippen LogP contribution in [0.15, 0.2) is 18.2 Å². The zero-order valence-electron chi connectivity index (χ0n) is 13.6. The molecule has 2 bridgehead atoms. The van der Waals surface area contributed by atoms with Crippen molar-refractivity contribution in [1.82, 2.24) is 10.2 Å². The summed E-state index contributed by atoms with van der Waals surface area (Å²) in [6, 6.07) is 5.74. The van der Waals surface area contributed by atoms with Crippen molar-refractivity contribution in [3.8, 4) is 11.5 Å². The number of hydrogen-bond acceptors (Lipinski definition) is 4. The summed E-state index contributed by atoms with van der Waals surface area (Å²) < 4.78 is 11.6. The van der Waals surface area contributed by atoms with Crippen LogP contribution in [0.3, 0.4) is 0 Å². The maximum atomic E-state index is 12.5. The van der Waals surface area contributed by atoms with Crippen molar-refractivity contribution in [1.29, 1.82) is 0 Å². The van der Waals surface area contributed by atoms with Crippen LogP contribution in [0.1, 0.15) is 36.5 Å². The first-order valence-electron chi connectivity index (χ1n) is 8.68. The average molecular weight is 316 g/mol. The van der Waals surface area contributed by atoms with Crippen LogP contribution in [0.5, 0.6) is 11.5 Å². The van der Waals surface area contributed by atoms with Gasteiger partial charge in [0, 0.05) is 24.7 Å². The number of ether oxygens (including phenoxy) is 2. The minimum atomic E-state index is -0.0125.